The van der Waals surface area contributed by atoms with Gasteiger partial charge in [0, 0.05) is 5.41 Å². The van der Waals surface area contributed by atoms with E-state index in [1.54, 1.807) is 0 Å². The summed E-state index contributed by atoms with van der Waals surface area (Å²) in [5.74, 6) is 1.93. The average molecular weight is 397 g/mol. The summed E-state index contributed by atoms with van der Waals surface area (Å²) in [6, 6.07) is 10.4. The normalized spacial score (nSPS) is 29.7. The molecular formula is C27H40O2. The molecule has 1 aromatic carbocycles. The van der Waals surface area contributed by atoms with Gasteiger partial charge in [-0.25, -0.2) is 0 Å². The van der Waals surface area contributed by atoms with Crippen molar-refractivity contribution >= 4 is 0 Å². The number of aliphatic hydroxyl groups excluding tert-OH is 1. The molecule has 29 heavy (non-hydrogen) atoms. The number of aliphatic hydroxyl groups is 1. The molecule has 0 bridgehead atoms. The molecule has 1 saturated carbocycles. The minimum absolute atomic E-state index is 0.196. The van der Waals surface area contributed by atoms with Gasteiger partial charge in [0.1, 0.15) is 0 Å². The van der Waals surface area contributed by atoms with Crippen LogP contribution in [0.15, 0.2) is 53.6 Å². The summed E-state index contributed by atoms with van der Waals surface area (Å²) in [5, 5.41) is 11.6. The second-order valence-corrected chi connectivity index (χ2v) is 10.1. The Labute approximate surface area is 178 Å². The SMILES string of the molecule is C=C1[C@@H](C(C)C)CC[C@]1(C)[C@H](O)C1=C(C)CC[C@H]1[C@@H](C)COCc1ccccc1. The van der Waals surface area contributed by atoms with Gasteiger partial charge in [-0.05, 0) is 67.4 Å². The van der Waals surface area contributed by atoms with Crippen LogP contribution in [0.5, 0.6) is 0 Å². The lowest BCUT2D eigenvalue weighted by Crippen LogP contribution is -2.37. The highest BCUT2D eigenvalue weighted by molar-refractivity contribution is 5.33. The van der Waals surface area contributed by atoms with Crippen molar-refractivity contribution in [1.29, 1.82) is 0 Å². The van der Waals surface area contributed by atoms with Gasteiger partial charge >= 0.3 is 0 Å². The average Bonchev–Trinajstić information content (AvgIpc) is 3.23. The summed E-state index contributed by atoms with van der Waals surface area (Å²) in [6.07, 6.45) is 4.00. The molecule has 0 aliphatic heterocycles. The molecular weight excluding hydrogens is 356 g/mol. The highest BCUT2D eigenvalue weighted by Crippen LogP contribution is 2.54. The van der Waals surface area contributed by atoms with Crippen molar-refractivity contribution in [3.05, 3.63) is 59.2 Å². The van der Waals surface area contributed by atoms with E-state index in [0.717, 1.165) is 32.3 Å². The molecule has 2 nitrogen and oxygen atoms in total. The summed E-state index contributed by atoms with van der Waals surface area (Å²) < 4.78 is 6.06. The molecule has 1 aromatic rings. The third-order valence-corrected chi connectivity index (χ3v) is 7.76. The number of allylic oxidation sites excluding steroid dienone is 1. The van der Waals surface area contributed by atoms with Crippen LogP contribution in [0.25, 0.3) is 0 Å². The summed E-state index contributed by atoms with van der Waals surface area (Å²) in [4.78, 5) is 0. The van der Waals surface area contributed by atoms with Crippen LogP contribution < -0.4 is 0 Å². The first-order chi connectivity index (χ1) is 13.8. The lowest BCUT2D eigenvalue weighted by molar-refractivity contribution is 0.0573. The highest BCUT2D eigenvalue weighted by atomic mass is 16.5. The molecule has 1 fully saturated rings. The summed E-state index contributed by atoms with van der Waals surface area (Å²) in [5.41, 5.74) is 4.96. The van der Waals surface area contributed by atoms with E-state index in [4.69, 9.17) is 4.74 Å². The number of benzene rings is 1. The molecule has 0 saturated heterocycles. The van der Waals surface area contributed by atoms with Crippen molar-refractivity contribution in [2.75, 3.05) is 6.61 Å². The van der Waals surface area contributed by atoms with Gasteiger partial charge in [-0.2, -0.15) is 0 Å². The third kappa shape index (κ3) is 4.54. The van der Waals surface area contributed by atoms with Crippen molar-refractivity contribution in [2.24, 2.45) is 29.1 Å². The fourth-order valence-electron chi connectivity index (χ4n) is 5.67. The fourth-order valence-corrected chi connectivity index (χ4v) is 5.67. The quantitative estimate of drug-likeness (QED) is 0.505. The predicted molar refractivity (Wildman–Crippen MR) is 122 cm³/mol. The van der Waals surface area contributed by atoms with Crippen LogP contribution in [-0.4, -0.2) is 17.8 Å². The standard InChI is InChI=1S/C27H40O2/c1-18(2)23-14-15-27(6,21(23)5)26(28)25-19(3)12-13-24(25)20(4)16-29-17-22-10-8-7-9-11-22/h7-11,18,20,23-24,26,28H,5,12-17H2,1-4,6H3/t20-,23+,24-,26+,27-/m0/s1. The monoisotopic (exact) mass is 396 g/mol. The molecule has 160 valence electrons. The van der Waals surface area contributed by atoms with Gasteiger partial charge in [0.25, 0.3) is 0 Å². The molecule has 1 N–H and O–H groups in total. The van der Waals surface area contributed by atoms with Crippen LogP contribution in [-0.2, 0) is 11.3 Å². The number of hydrogen-bond donors (Lipinski definition) is 1. The molecule has 0 radical (unpaired) electrons. The molecule has 0 amide bonds. The lowest BCUT2D eigenvalue weighted by atomic mass is 9.70. The topological polar surface area (TPSA) is 29.5 Å². The van der Waals surface area contributed by atoms with Crippen LogP contribution in [0.4, 0.5) is 0 Å². The number of ether oxygens (including phenoxy) is 1. The van der Waals surface area contributed by atoms with Gasteiger partial charge < -0.3 is 9.84 Å². The van der Waals surface area contributed by atoms with Gasteiger partial charge in [0.05, 0.1) is 19.3 Å². The van der Waals surface area contributed by atoms with E-state index in [2.05, 4.69) is 65.5 Å². The van der Waals surface area contributed by atoms with Crippen LogP contribution in [0.1, 0.15) is 65.9 Å². The second-order valence-electron chi connectivity index (χ2n) is 10.1. The van der Waals surface area contributed by atoms with E-state index in [9.17, 15) is 5.11 Å². The van der Waals surface area contributed by atoms with Gasteiger partial charge in [0.15, 0.2) is 0 Å². The molecule has 0 spiro atoms. The Hall–Kier alpha value is -1.38. The Morgan fingerprint density at radius 3 is 2.45 bits per heavy atom. The zero-order valence-electron chi connectivity index (χ0n) is 19.1. The summed E-state index contributed by atoms with van der Waals surface area (Å²) in [7, 11) is 0. The van der Waals surface area contributed by atoms with E-state index >= 15 is 0 Å². The molecule has 0 heterocycles. The molecule has 3 rings (SSSR count). The van der Waals surface area contributed by atoms with Crippen molar-refractivity contribution in [1.82, 2.24) is 0 Å². The largest absolute Gasteiger partial charge is 0.388 e. The molecule has 2 heteroatoms. The maximum Gasteiger partial charge on any atom is 0.0846 e. The fraction of sp³-hybridized carbons (Fsp3) is 0.630. The maximum absolute atomic E-state index is 11.6. The van der Waals surface area contributed by atoms with E-state index in [1.807, 2.05) is 6.07 Å². The first kappa shape index (κ1) is 22.3. The first-order valence-corrected chi connectivity index (χ1v) is 11.4. The summed E-state index contributed by atoms with van der Waals surface area (Å²) in [6.45, 7) is 17.2. The van der Waals surface area contributed by atoms with Crippen LogP contribution in [0.3, 0.4) is 0 Å². The highest BCUT2D eigenvalue weighted by Gasteiger charge is 2.48. The Balaban J connectivity index is 1.67. The molecule has 0 aromatic heterocycles. The molecule has 2 aliphatic carbocycles. The predicted octanol–water partition coefficient (Wildman–Crippen LogP) is 6.56. The lowest BCUT2D eigenvalue weighted by Gasteiger charge is -2.38. The Bertz CT molecular complexity index is 732. The first-order valence-electron chi connectivity index (χ1n) is 11.4. The van der Waals surface area contributed by atoms with Crippen molar-refractivity contribution in [3.63, 3.8) is 0 Å². The number of hydrogen-bond acceptors (Lipinski definition) is 2. The van der Waals surface area contributed by atoms with Crippen LogP contribution in [0, 0.1) is 29.1 Å². The smallest absolute Gasteiger partial charge is 0.0846 e. The van der Waals surface area contributed by atoms with Gasteiger partial charge in [0.2, 0.25) is 0 Å². The zero-order chi connectivity index (χ0) is 21.2. The summed E-state index contributed by atoms with van der Waals surface area (Å²) >= 11 is 0. The van der Waals surface area contributed by atoms with E-state index in [1.165, 1.54) is 22.3 Å². The van der Waals surface area contributed by atoms with Crippen molar-refractivity contribution in [2.45, 2.75) is 73.0 Å². The van der Waals surface area contributed by atoms with E-state index in [-0.39, 0.29) is 5.41 Å². The maximum atomic E-state index is 11.6. The molecule has 5 atom stereocenters. The van der Waals surface area contributed by atoms with E-state index in [0.29, 0.717) is 30.3 Å². The number of rotatable bonds is 8. The Kier molecular flexibility index (Phi) is 7.06. The van der Waals surface area contributed by atoms with Crippen molar-refractivity contribution in [3.8, 4) is 0 Å². The van der Waals surface area contributed by atoms with Crippen molar-refractivity contribution < 1.29 is 9.84 Å². The second kappa shape index (κ2) is 9.18. The third-order valence-electron chi connectivity index (χ3n) is 7.76. The van der Waals surface area contributed by atoms with Gasteiger partial charge in [-0.1, -0.05) is 75.8 Å². The molecule has 0 unspecified atom stereocenters. The van der Waals surface area contributed by atoms with Crippen LogP contribution >= 0.6 is 0 Å². The van der Waals surface area contributed by atoms with E-state index < -0.39 is 6.10 Å². The van der Waals surface area contributed by atoms with Gasteiger partial charge in [-0.3, -0.25) is 0 Å². The zero-order valence-corrected chi connectivity index (χ0v) is 19.1. The Morgan fingerprint density at radius 2 is 1.83 bits per heavy atom. The van der Waals surface area contributed by atoms with Crippen LogP contribution in [0.2, 0.25) is 0 Å². The minimum atomic E-state index is -0.414. The Morgan fingerprint density at radius 1 is 1.14 bits per heavy atom. The minimum Gasteiger partial charge on any atom is -0.388 e. The molecule has 2 aliphatic rings. The van der Waals surface area contributed by atoms with Gasteiger partial charge in [-0.15, -0.1) is 0 Å².